The molecule has 0 bridgehead atoms. The van der Waals surface area contributed by atoms with Crippen LogP contribution >= 0.6 is 11.3 Å². The topological polar surface area (TPSA) is 12.0 Å². The van der Waals surface area contributed by atoms with Gasteiger partial charge in [-0.15, -0.1) is 11.3 Å². The number of aryl methyl sites for hydroxylation is 1. The number of fused-ring (bicyclic) bond motifs is 1. The van der Waals surface area contributed by atoms with Gasteiger partial charge in [-0.25, -0.2) is 0 Å². The maximum absolute atomic E-state index is 3.92. The van der Waals surface area contributed by atoms with E-state index in [1.807, 2.05) is 24.5 Å². The van der Waals surface area contributed by atoms with E-state index in [1.165, 1.54) is 29.8 Å². The van der Waals surface area contributed by atoms with Gasteiger partial charge in [0.05, 0.1) is 5.00 Å². The van der Waals surface area contributed by atoms with E-state index in [1.54, 1.807) is 10.4 Å². The Bertz CT molecular complexity index is 351. The van der Waals surface area contributed by atoms with Crippen LogP contribution in [0.3, 0.4) is 0 Å². The third kappa shape index (κ3) is 1.38. The Kier molecular flexibility index (Phi) is 2.64. The smallest absolute Gasteiger partial charge is 0.0959 e. The first-order valence-corrected chi connectivity index (χ1v) is 6.05. The zero-order chi connectivity index (χ0) is 10.1. The van der Waals surface area contributed by atoms with Crippen molar-refractivity contribution in [3.63, 3.8) is 0 Å². The second kappa shape index (κ2) is 3.77. The summed E-state index contributed by atoms with van der Waals surface area (Å²) in [7, 11) is 1.99. The van der Waals surface area contributed by atoms with Gasteiger partial charge in [-0.3, -0.25) is 0 Å². The SMILES string of the molecule is C=Cc1c(NC)sc2c1C(C)CCC2. The van der Waals surface area contributed by atoms with Gasteiger partial charge in [0, 0.05) is 17.5 Å². The molecule has 0 saturated carbocycles. The summed E-state index contributed by atoms with van der Waals surface area (Å²) in [5, 5.41) is 4.56. The highest BCUT2D eigenvalue weighted by atomic mass is 32.1. The van der Waals surface area contributed by atoms with Crippen LogP contribution in [0.4, 0.5) is 5.00 Å². The van der Waals surface area contributed by atoms with E-state index >= 15 is 0 Å². The van der Waals surface area contributed by atoms with Gasteiger partial charge in [0.25, 0.3) is 0 Å². The quantitative estimate of drug-likeness (QED) is 0.776. The highest BCUT2D eigenvalue weighted by Crippen LogP contribution is 2.43. The van der Waals surface area contributed by atoms with Crippen LogP contribution in [0.2, 0.25) is 0 Å². The molecule has 1 aliphatic carbocycles. The van der Waals surface area contributed by atoms with Gasteiger partial charge in [-0.1, -0.05) is 19.6 Å². The molecule has 0 saturated heterocycles. The first kappa shape index (κ1) is 9.78. The number of thiophene rings is 1. The second-order valence-electron chi connectivity index (χ2n) is 3.93. The summed E-state index contributed by atoms with van der Waals surface area (Å²) in [6.07, 6.45) is 5.93. The Hall–Kier alpha value is -0.760. The lowest BCUT2D eigenvalue weighted by molar-refractivity contribution is 0.598. The molecule has 2 rings (SSSR count). The molecule has 0 radical (unpaired) electrons. The van der Waals surface area contributed by atoms with Crippen molar-refractivity contribution in [1.29, 1.82) is 0 Å². The van der Waals surface area contributed by atoms with Crippen molar-refractivity contribution in [1.82, 2.24) is 0 Å². The van der Waals surface area contributed by atoms with Crippen LogP contribution in [-0.2, 0) is 6.42 Å². The van der Waals surface area contributed by atoms with Gasteiger partial charge < -0.3 is 5.32 Å². The summed E-state index contributed by atoms with van der Waals surface area (Å²) in [6, 6.07) is 0. The van der Waals surface area contributed by atoms with E-state index in [-0.39, 0.29) is 0 Å². The molecule has 2 heteroatoms. The lowest BCUT2D eigenvalue weighted by Gasteiger charge is -2.19. The molecule has 1 N–H and O–H groups in total. The fourth-order valence-corrected chi connectivity index (χ4v) is 3.65. The second-order valence-corrected chi connectivity index (χ2v) is 5.03. The Morgan fingerprint density at radius 2 is 2.36 bits per heavy atom. The Morgan fingerprint density at radius 1 is 1.57 bits per heavy atom. The number of anilines is 1. The molecule has 1 aromatic rings. The number of hydrogen-bond acceptors (Lipinski definition) is 2. The third-order valence-corrected chi connectivity index (χ3v) is 4.32. The highest BCUT2D eigenvalue weighted by molar-refractivity contribution is 7.16. The lowest BCUT2D eigenvalue weighted by atomic mass is 9.86. The average molecular weight is 207 g/mol. The summed E-state index contributed by atoms with van der Waals surface area (Å²) in [4.78, 5) is 1.57. The monoisotopic (exact) mass is 207 g/mol. The third-order valence-electron chi connectivity index (χ3n) is 3.03. The molecule has 1 aromatic heterocycles. The zero-order valence-corrected chi connectivity index (χ0v) is 9.71. The van der Waals surface area contributed by atoms with E-state index in [2.05, 4.69) is 18.8 Å². The molecule has 0 fully saturated rings. The Balaban J connectivity index is 2.55. The van der Waals surface area contributed by atoms with Crippen molar-refractivity contribution in [3.05, 3.63) is 22.6 Å². The summed E-state index contributed by atoms with van der Waals surface area (Å²) in [5.74, 6) is 0.713. The minimum Gasteiger partial charge on any atom is -0.380 e. The molecule has 1 aliphatic rings. The van der Waals surface area contributed by atoms with Crippen molar-refractivity contribution in [2.45, 2.75) is 32.1 Å². The van der Waals surface area contributed by atoms with Crippen molar-refractivity contribution in [2.75, 3.05) is 12.4 Å². The first-order valence-electron chi connectivity index (χ1n) is 5.23. The normalized spacial score (nSPS) is 20.3. The molecule has 1 nitrogen and oxygen atoms in total. The van der Waals surface area contributed by atoms with Crippen molar-refractivity contribution >= 4 is 22.4 Å². The molecule has 76 valence electrons. The minimum absolute atomic E-state index is 0.713. The van der Waals surface area contributed by atoms with Gasteiger partial charge in [-0.05, 0) is 30.7 Å². The van der Waals surface area contributed by atoms with Crippen molar-refractivity contribution < 1.29 is 0 Å². The van der Waals surface area contributed by atoms with E-state index < -0.39 is 0 Å². The maximum atomic E-state index is 3.92. The molecule has 1 unspecified atom stereocenters. The molecule has 1 heterocycles. The van der Waals surface area contributed by atoms with Crippen LogP contribution in [-0.4, -0.2) is 7.05 Å². The predicted octanol–water partition coefficient (Wildman–Crippen LogP) is 3.87. The summed E-state index contributed by atoms with van der Waals surface area (Å²) in [5.41, 5.74) is 2.90. The number of hydrogen-bond donors (Lipinski definition) is 1. The fourth-order valence-electron chi connectivity index (χ4n) is 2.33. The molecular formula is C12H17NS. The van der Waals surface area contributed by atoms with E-state index in [0.717, 1.165) is 0 Å². The lowest BCUT2D eigenvalue weighted by Crippen LogP contribution is -2.04. The average Bonchev–Trinajstić information content (AvgIpc) is 2.56. The van der Waals surface area contributed by atoms with Crippen molar-refractivity contribution in [3.8, 4) is 0 Å². The minimum atomic E-state index is 0.713. The summed E-state index contributed by atoms with van der Waals surface area (Å²) < 4.78 is 0. The van der Waals surface area contributed by atoms with Crippen LogP contribution in [0.1, 0.15) is 41.7 Å². The van der Waals surface area contributed by atoms with Gasteiger partial charge >= 0.3 is 0 Å². The fraction of sp³-hybridized carbons (Fsp3) is 0.500. The molecule has 0 spiro atoms. The summed E-state index contributed by atoms with van der Waals surface area (Å²) in [6.45, 7) is 6.25. The van der Waals surface area contributed by atoms with Crippen molar-refractivity contribution in [2.24, 2.45) is 0 Å². The van der Waals surface area contributed by atoms with Crippen LogP contribution < -0.4 is 5.32 Å². The molecular weight excluding hydrogens is 190 g/mol. The Labute approximate surface area is 89.8 Å². The van der Waals surface area contributed by atoms with Gasteiger partial charge in [0.1, 0.15) is 0 Å². The molecule has 0 aliphatic heterocycles. The van der Waals surface area contributed by atoms with Crippen LogP contribution in [0.5, 0.6) is 0 Å². The largest absolute Gasteiger partial charge is 0.380 e. The molecule has 0 amide bonds. The molecule has 0 aromatic carbocycles. The van der Waals surface area contributed by atoms with Gasteiger partial charge in [-0.2, -0.15) is 0 Å². The standard InChI is InChI=1S/C12H17NS/c1-4-9-11-8(2)6-5-7-10(11)14-12(9)13-3/h4,8,13H,1,5-7H2,2-3H3. The van der Waals surface area contributed by atoms with Gasteiger partial charge in [0.2, 0.25) is 0 Å². The highest BCUT2D eigenvalue weighted by Gasteiger charge is 2.23. The van der Waals surface area contributed by atoms with Gasteiger partial charge in [0.15, 0.2) is 0 Å². The summed E-state index contributed by atoms with van der Waals surface area (Å²) >= 11 is 1.91. The maximum Gasteiger partial charge on any atom is 0.0959 e. The molecule has 1 atom stereocenters. The van der Waals surface area contributed by atoms with Crippen LogP contribution in [0.15, 0.2) is 6.58 Å². The number of nitrogens with one attached hydrogen (secondary N) is 1. The van der Waals surface area contributed by atoms with Crippen LogP contribution in [0, 0.1) is 0 Å². The van der Waals surface area contributed by atoms with E-state index in [0.29, 0.717) is 5.92 Å². The van der Waals surface area contributed by atoms with E-state index in [9.17, 15) is 0 Å². The van der Waals surface area contributed by atoms with Crippen LogP contribution in [0.25, 0.3) is 6.08 Å². The predicted molar refractivity (Wildman–Crippen MR) is 65.3 cm³/mol. The molecule has 14 heavy (non-hydrogen) atoms. The zero-order valence-electron chi connectivity index (χ0n) is 8.89. The Morgan fingerprint density at radius 3 is 3.00 bits per heavy atom. The first-order chi connectivity index (χ1) is 6.77. The van der Waals surface area contributed by atoms with E-state index in [4.69, 9.17) is 0 Å². The number of rotatable bonds is 2.